The maximum atomic E-state index is 4.97. The molecule has 0 rings (SSSR count). The van der Waals surface area contributed by atoms with Crippen LogP contribution in [0.2, 0.25) is 0 Å². The van der Waals surface area contributed by atoms with E-state index in [1.54, 1.807) is 0 Å². The quantitative estimate of drug-likeness (QED) is 0.319. The SMILES string of the molecule is CCOCCN=CN. The summed E-state index contributed by atoms with van der Waals surface area (Å²) in [6.07, 6.45) is 1.29. The Balaban J connectivity index is 2.72. The molecule has 0 saturated heterocycles. The van der Waals surface area contributed by atoms with Gasteiger partial charge in [-0.25, -0.2) is 0 Å². The fourth-order valence-electron chi connectivity index (χ4n) is 0.336. The highest BCUT2D eigenvalue weighted by atomic mass is 16.5. The lowest BCUT2D eigenvalue weighted by molar-refractivity contribution is 0.156. The highest BCUT2D eigenvalue weighted by Gasteiger charge is 1.77. The van der Waals surface area contributed by atoms with E-state index in [4.69, 9.17) is 10.5 Å². The van der Waals surface area contributed by atoms with Gasteiger partial charge < -0.3 is 10.5 Å². The van der Waals surface area contributed by atoms with Gasteiger partial charge in [0, 0.05) is 6.61 Å². The zero-order valence-electron chi connectivity index (χ0n) is 5.13. The summed E-state index contributed by atoms with van der Waals surface area (Å²) in [5.74, 6) is 0. The first-order valence-corrected chi connectivity index (χ1v) is 2.69. The van der Waals surface area contributed by atoms with Crippen molar-refractivity contribution >= 4 is 6.34 Å². The third-order valence-corrected chi connectivity index (χ3v) is 0.674. The summed E-state index contributed by atoms with van der Waals surface area (Å²) >= 11 is 0. The molecule has 0 heterocycles. The first-order chi connectivity index (χ1) is 3.91. The van der Waals surface area contributed by atoms with Gasteiger partial charge in [-0.15, -0.1) is 0 Å². The Kier molecular flexibility index (Phi) is 5.97. The van der Waals surface area contributed by atoms with Gasteiger partial charge in [-0.1, -0.05) is 0 Å². The third kappa shape index (κ3) is 5.43. The highest BCUT2D eigenvalue weighted by Crippen LogP contribution is 1.72. The molecule has 0 aromatic heterocycles. The van der Waals surface area contributed by atoms with E-state index in [1.165, 1.54) is 6.34 Å². The van der Waals surface area contributed by atoms with E-state index in [0.717, 1.165) is 6.61 Å². The van der Waals surface area contributed by atoms with Gasteiger partial charge in [-0.2, -0.15) is 0 Å². The molecule has 0 saturated carbocycles. The average molecular weight is 116 g/mol. The summed E-state index contributed by atoms with van der Waals surface area (Å²) in [6.45, 7) is 4.04. The Labute approximate surface area is 49.5 Å². The molecule has 0 aromatic rings. The van der Waals surface area contributed by atoms with Crippen LogP contribution in [0.3, 0.4) is 0 Å². The van der Waals surface area contributed by atoms with Gasteiger partial charge in [0.15, 0.2) is 0 Å². The number of ether oxygens (including phenoxy) is 1. The van der Waals surface area contributed by atoms with Crippen molar-refractivity contribution in [3.63, 3.8) is 0 Å². The van der Waals surface area contributed by atoms with E-state index in [9.17, 15) is 0 Å². The fourth-order valence-corrected chi connectivity index (χ4v) is 0.336. The summed E-state index contributed by atoms with van der Waals surface area (Å²) in [6, 6.07) is 0. The number of nitrogens with zero attached hydrogens (tertiary/aromatic N) is 1. The van der Waals surface area contributed by atoms with Crippen LogP contribution in [0.25, 0.3) is 0 Å². The van der Waals surface area contributed by atoms with Crippen LogP contribution < -0.4 is 5.73 Å². The second-order valence-corrected chi connectivity index (χ2v) is 1.25. The summed E-state index contributed by atoms with van der Waals surface area (Å²) in [4.78, 5) is 3.74. The first-order valence-electron chi connectivity index (χ1n) is 2.69. The number of aliphatic imine (C=N–C) groups is 1. The van der Waals surface area contributed by atoms with Crippen molar-refractivity contribution in [3.05, 3.63) is 0 Å². The fraction of sp³-hybridized carbons (Fsp3) is 0.800. The van der Waals surface area contributed by atoms with Crippen LogP contribution in [0.4, 0.5) is 0 Å². The van der Waals surface area contributed by atoms with Crippen LogP contribution in [0.5, 0.6) is 0 Å². The molecule has 0 atom stereocenters. The maximum Gasteiger partial charge on any atom is 0.0798 e. The molecule has 2 N–H and O–H groups in total. The van der Waals surface area contributed by atoms with Crippen molar-refractivity contribution in [1.29, 1.82) is 0 Å². The second kappa shape index (κ2) is 6.43. The van der Waals surface area contributed by atoms with Crippen molar-refractivity contribution < 1.29 is 4.74 Å². The van der Waals surface area contributed by atoms with Crippen molar-refractivity contribution in [2.75, 3.05) is 19.8 Å². The lowest BCUT2D eigenvalue weighted by Crippen LogP contribution is -1.99. The van der Waals surface area contributed by atoms with Crippen LogP contribution in [0, 0.1) is 0 Å². The van der Waals surface area contributed by atoms with Crippen molar-refractivity contribution in [2.45, 2.75) is 6.92 Å². The van der Waals surface area contributed by atoms with Gasteiger partial charge >= 0.3 is 0 Å². The van der Waals surface area contributed by atoms with E-state index in [0.29, 0.717) is 13.2 Å². The van der Waals surface area contributed by atoms with Crippen molar-refractivity contribution in [3.8, 4) is 0 Å². The monoisotopic (exact) mass is 116 g/mol. The van der Waals surface area contributed by atoms with Crippen LogP contribution >= 0.6 is 0 Å². The minimum absolute atomic E-state index is 0.671. The van der Waals surface area contributed by atoms with Crippen LogP contribution in [-0.2, 0) is 4.74 Å². The highest BCUT2D eigenvalue weighted by molar-refractivity contribution is 5.50. The summed E-state index contributed by atoms with van der Waals surface area (Å²) in [5.41, 5.74) is 4.96. The normalized spacial score (nSPS) is 10.6. The van der Waals surface area contributed by atoms with E-state index >= 15 is 0 Å². The molecule has 0 radical (unpaired) electrons. The maximum absolute atomic E-state index is 4.97. The van der Waals surface area contributed by atoms with Gasteiger partial charge in [-0.3, -0.25) is 4.99 Å². The van der Waals surface area contributed by atoms with E-state index < -0.39 is 0 Å². The molecule has 0 aliphatic heterocycles. The predicted octanol–water partition coefficient (Wildman–Crippen LogP) is 0.00990. The molecular formula is C5H12N2O. The minimum Gasteiger partial charge on any atom is -0.390 e. The van der Waals surface area contributed by atoms with Gasteiger partial charge in [0.2, 0.25) is 0 Å². The molecule has 3 nitrogen and oxygen atoms in total. The van der Waals surface area contributed by atoms with E-state index in [2.05, 4.69) is 4.99 Å². The lowest BCUT2D eigenvalue weighted by Gasteiger charge is -1.93. The molecule has 0 aliphatic carbocycles. The molecule has 0 bridgehead atoms. The Hall–Kier alpha value is -0.570. The molecule has 0 fully saturated rings. The number of hydrogen-bond donors (Lipinski definition) is 1. The standard InChI is InChI=1S/C5H12N2O/c1-2-8-4-3-7-5-6/h5H,2-4H2,1H3,(H2,6,7). The minimum atomic E-state index is 0.671. The summed E-state index contributed by atoms with van der Waals surface area (Å²) in [7, 11) is 0. The Bertz CT molecular complexity index is 63.4. The Morgan fingerprint density at radius 1 is 1.75 bits per heavy atom. The third-order valence-electron chi connectivity index (χ3n) is 0.674. The average Bonchev–Trinajstić information content (AvgIpc) is 1.81. The van der Waals surface area contributed by atoms with Crippen LogP contribution in [0.15, 0.2) is 4.99 Å². The largest absolute Gasteiger partial charge is 0.390 e. The Morgan fingerprint density at radius 3 is 3.00 bits per heavy atom. The molecule has 0 amide bonds. The van der Waals surface area contributed by atoms with Gasteiger partial charge in [0.1, 0.15) is 0 Å². The molecule has 0 aliphatic rings. The molecule has 0 unspecified atom stereocenters. The van der Waals surface area contributed by atoms with Crippen molar-refractivity contribution in [2.24, 2.45) is 10.7 Å². The zero-order chi connectivity index (χ0) is 6.24. The first kappa shape index (κ1) is 7.43. The molecule has 0 spiro atoms. The second-order valence-electron chi connectivity index (χ2n) is 1.25. The smallest absolute Gasteiger partial charge is 0.0798 e. The van der Waals surface area contributed by atoms with Gasteiger partial charge in [0.25, 0.3) is 0 Å². The Morgan fingerprint density at radius 2 is 2.50 bits per heavy atom. The van der Waals surface area contributed by atoms with E-state index in [1.807, 2.05) is 6.92 Å². The molecule has 8 heavy (non-hydrogen) atoms. The predicted molar refractivity (Wildman–Crippen MR) is 34.0 cm³/mol. The summed E-state index contributed by atoms with van der Waals surface area (Å²) in [5, 5.41) is 0. The molecule has 48 valence electrons. The molecule has 0 aromatic carbocycles. The van der Waals surface area contributed by atoms with Crippen molar-refractivity contribution in [1.82, 2.24) is 0 Å². The number of rotatable bonds is 4. The lowest BCUT2D eigenvalue weighted by atomic mass is 10.7. The molecule has 3 heteroatoms. The zero-order valence-corrected chi connectivity index (χ0v) is 5.13. The van der Waals surface area contributed by atoms with Gasteiger partial charge in [-0.05, 0) is 6.92 Å². The summed E-state index contributed by atoms with van der Waals surface area (Å²) < 4.78 is 4.97. The number of hydrogen-bond acceptors (Lipinski definition) is 2. The van der Waals surface area contributed by atoms with Gasteiger partial charge in [0.05, 0.1) is 19.5 Å². The van der Waals surface area contributed by atoms with Crippen LogP contribution in [0.1, 0.15) is 6.92 Å². The van der Waals surface area contributed by atoms with E-state index in [-0.39, 0.29) is 0 Å². The van der Waals surface area contributed by atoms with Crippen LogP contribution in [-0.4, -0.2) is 26.1 Å². The number of nitrogens with two attached hydrogens (primary N) is 1. The topological polar surface area (TPSA) is 47.6 Å². The molecular weight excluding hydrogens is 104 g/mol.